The molecule has 0 saturated carbocycles. The molecule has 2 rings (SSSR count). The van der Waals surface area contributed by atoms with Gasteiger partial charge >= 0.3 is 11.9 Å². The molecule has 190 valence electrons. The molecule has 2 aliphatic heterocycles. The van der Waals surface area contributed by atoms with Crippen LogP contribution in [0.3, 0.4) is 0 Å². The first kappa shape index (κ1) is 27.2. The minimum absolute atomic E-state index is 0.505. The summed E-state index contributed by atoms with van der Waals surface area (Å²) in [6.07, 6.45) is -11.0. The van der Waals surface area contributed by atoms with Crippen molar-refractivity contribution >= 4 is 11.9 Å². The van der Waals surface area contributed by atoms with Crippen LogP contribution < -0.4 is 0 Å². The van der Waals surface area contributed by atoms with Crippen molar-refractivity contribution in [1.29, 1.82) is 0 Å². The molecule has 33 heavy (non-hydrogen) atoms. The van der Waals surface area contributed by atoms with Gasteiger partial charge in [-0.2, -0.15) is 0 Å². The van der Waals surface area contributed by atoms with Gasteiger partial charge in [0.1, 0.15) is 43.2 Å². The van der Waals surface area contributed by atoms with E-state index in [1.165, 1.54) is 14.2 Å². The Morgan fingerprint density at radius 2 is 1.58 bits per heavy atom. The second-order valence-corrected chi connectivity index (χ2v) is 7.00. The van der Waals surface area contributed by atoms with Crippen LogP contribution in [0, 0.1) is 0 Å². The normalized spacial score (nSPS) is 34.8. The Hall–Kier alpha value is -2.08. The average molecular weight is 484 g/mol. The second kappa shape index (κ2) is 12.4. The lowest BCUT2D eigenvalue weighted by atomic mass is 9.98. The monoisotopic (exact) mass is 484 g/mol. The third-order valence-electron chi connectivity index (χ3n) is 4.87. The van der Waals surface area contributed by atoms with E-state index < -0.39 is 99.1 Å². The summed E-state index contributed by atoms with van der Waals surface area (Å²) in [5.41, 5.74) is 0. The Balaban J connectivity index is 2.34. The number of aliphatic hydroxyl groups excluding tert-OH is 4. The second-order valence-electron chi connectivity index (χ2n) is 7.00. The van der Waals surface area contributed by atoms with Gasteiger partial charge in [0.05, 0.1) is 13.2 Å². The molecule has 0 bridgehead atoms. The molecule has 1 saturated heterocycles. The fraction of sp³-hybridized carbons (Fsp3) is 0.778. The highest BCUT2D eigenvalue weighted by Gasteiger charge is 2.50. The third-order valence-corrected chi connectivity index (χ3v) is 4.87. The highest BCUT2D eigenvalue weighted by Crippen LogP contribution is 2.33. The smallest absolute Gasteiger partial charge is 0.341 e. The van der Waals surface area contributed by atoms with E-state index in [9.17, 15) is 30.0 Å². The van der Waals surface area contributed by atoms with E-state index in [0.29, 0.717) is 0 Å². The zero-order valence-electron chi connectivity index (χ0n) is 17.8. The first-order valence-electron chi connectivity index (χ1n) is 9.71. The number of aliphatic hydroxyl groups is 4. The molecule has 6 N–H and O–H groups in total. The van der Waals surface area contributed by atoms with Crippen molar-refractivity contribution in [2.45, 2.75) is 49.2 Å². The van der Waals surface area contributed by atoms with Crippen LogP contribution >= 0.6 is 0 Å². The predicted octanol–water partition coefficient (Wildman–Crippen LogP) is -2.83. The SMILES string of the molecule is COC1O[C@@H](CO)[C@@H](O[C@@H]2OC(CO)C(OC)C(O)=C2OCC(=O)O)C(O)C1OCC(=O)O. The van der Waals surface area contributed by atoms with Gasteiger partial charge in [-0.15, -0.1) is 0 Å². The third kappa shape index (κ3) is 6.50. The lowest BCUT2D eigenvalue weighted by molar-refractivity contribution is -0.334. The Kier molecular flexibility index (Phi) is 10.2. The molecule has 5 unspecified atom stereocenters. The summed E-state index contributed by atoms with van der Waals surface area (Å²) in [7, 11) is 2.42. The first-order valence-corrected chi connectivity index (χ1v) is 9.71. The first-order chi connectivity index (χ1) is 15.7. The van der Waals surface area contributed by atoms with Crippen LogP contribution in [0.4, 0.5) is 0 Å². The number of rotatable bonds is 12. The molecule has 0 aromatic carbocycles. The van der Waals surface area contributed by atoms with Crippen molar-refractivity contribution in [2.75, 3.05) is 40.6 Å². The number of methoxy groups -OCH3 is 2. The molecular weight excluding hydrogens is 456 g/mol. The number of ether oxygens (including phenoxy) is 7. The molecule has 8 atom stereocenters. The van der Waals surface area contributed by atoms with Crippen LogP contribution in [0.25, 0.3) is 0 Å². The van der Waals surface area contributed by atoms with Gasteiger partial charge in [0, 0.05) is 14.2 Å². The van der Waals surface area contributed by atoms with Gasteiger partial charge in [0.15, 0.2) is 24.4 Å². The van der Waals surface area contributed by atoms with Gasteiger partial charge in [0.2, 0.25) is 6.29 Å². The van der Waals surface area contributed by atoms with E-state index >= 15 is 0 Å². The van der Waals surface area contributed by atoms with Crippen molar-refractivity contribution in [3.63, 3.8) is 0 Å². The highest BCUT2D eigenvalue weighted by atomic mass is 16.7. The summed E-state index contributed by atoms with van der Waals surface area (Å²) in [6, 6.07) is 0. The maximum absolute atomic E-state index is 11.0. The van der Waals surface area contributed by atoms with Gasteiger partial charge in [-0.25, -0.2) is 9.59 Å². The van der Waals surface area contributed by atoms with Crippen LogP contribution in [0.5, 0.6) is 0 Å². The fourth-order valence-corrected chi connectivity index (χ4v) is 3.39. The maximum atomic E-state index is 11.0. The molecule has 0 aliphatic carbocycles. The topological polar surface area (TPSA) is 220 Å². The molecule has 0 spiro atoms. The van der Waals surface area contributed by atoms with Crippen molar-refractivity contribution in [3.05, 3.63) is 11.5 Å². The number of carboxylic acids is 2. The van der Waals surface area contributed by atoms with Gasteiger partial charge in [-0.05, 0) is 0 Å². The zero-order valence-corrected chi connectivity index (χ0v) is 17.8. The molecule has 0 radical (unpaired) electrons. The summed E-state index contributed by atoms with van der Waals surface area (Å²) >= 11 is 0. The molecule has 2 aliphatic rings. The largest absolute Gasteiger partial charge is 0.506 e. The molecular formula is C18H28O15. The maximum Gasteiger partial charge on any atom is 0.341 e. The molecule has 0 amide bonds. The predicted molar refractivity (Wildman–Crippen MR) is 101 cm³/mol. The number of carboxylic acid groups (broad SMARTS) is 2. The summed E-state index contributed by atoms with van der Waals surface area (Å²) in [5, 5.41) is 58.4. The Morgan fingerprint density at radius 3 is 2.09 bits per heavy atom. The summed E-state index contributed by atoms with van der Waals surface area (Å²) < 4.78 is 37.1. The fourth-order valence-electron chi connectivity index (χ4n) is 3.39. The van der Waals surface area contributed by atoms with Gasteiger partial charge in [0.25, 0.3) is 0 Å². The Bertz CT molecular complexity index is 696. The standard InChI is InChI=1S/C18H28O15/c1-27-13-7(3-19)32-18(16(11(13)25)30-6-10(23)24)33-14-8(4-20)31-17(28-2)15(12(14)26)29-5-9(21)22/h7-8,12-15,17-20,25-26H,3-6H2,1-2H3,(H,21,22)(H,23,24)/t7?,8-,12?,13?,14+,15?,17?,18-/m0/s1. The van der Waals surface area contributed by atoms with Crippen molar-refractivity contribution in [2.24, 2.45) is 0 Å². The number of hydrogen-bond donors (Lipinski definition) is 6. The van der Waals surface area contributed by atoms with E-state index in [0.717, 1.165) is 0 Å². The van der Waals surface area contributed by atoms with Crippen LogP contribution in [-0.2, 0) is 42.7 Å². The Labute approximate surface area is 187 Å². The molecule has 15 heteroatoms. The average Bonchev–Trinajstić information content (AvgIpc) is 2.78. The number of aliphatic carboxylic acids is 2. The van der Waals surface area contributed by atoms with Gasteiger partial charge in [-0.1, -0.05) is 0 Å². The van der Waals surface area contributed by atoms with E-state index in [-0.39, 0.29) is 0 Å². The highest BCUT2D eigenvalue weighted by molar-refractivity contribution is 5.68. The van der Waals surface area contributed by atoms with Crippen LogP contribution in [0.15, 0.2) is 11.5 Å². The minimum atomic E-state index is -1.68. The van der Waals surface area contributed by atoms with E-state index in [1.807, 2.05) is 0 Å². The summed E-state index contributed by atoms with van der Waals surface area (Å²) in [6.45, 7) is -3.04. The zero-order chi connectivity index (χ0) is 24.7. The van der Waals surface area contributed by atoms with E-state index in [1.54, 1.807) is 0 Å². The molecule has 0 aromatic heterocycles. The van der Waals surface area contributed by atoms with Crippen LogP contribution in [0.1, 0.15) is 0 Å². The van der Waals surface area contributed by atoms with E-state index in [2.05, 4.69) is 0 Å². The quantitative estimate of drug-likeness (QED) is 0.164. The van der Waals surface area contributed by atoms with Crippen molar-refractivity contribution in [3.8, 4) is 0 Å². The van der Waals surface area contributed by atoms with Crippen LogP contribution in [-0.4, -0.2) is 132 Å². The minimum Gasteiger partial charge on any atom is -0.506 e. The Morgan fingerprint density at radius 1 is 0.939 bits per heavy atom. The summed E-state index contributed by atoms with van der Waals surface area (Å²) in [5.74, 6) is -3.83. The van der Waals surface area contributed by atoms with Crippen molar-refractivity contribution in [1.82, 2.24) is 0 Å². The lowest BCUT2D eigenvalue weighted by Crippen LogP contribution is -2.62. The van der Waals surface area contributed by atoms with Crippen molar-refractivity contribution < 1.29 is 73.4 Å². The van der Waals surface area contributed by atoms with Gasteiger partial charge < -0.3 is 63.8 Å². The molecule has 2 heterocycles. The summed E-state index contributed by atoms with van der Waals surface area (Å²) in [4.78, 5) is 21.8. The number of carbonyl (C=O) groups is 2. The van der Waals surface area contributed by atoms with E-state index in [4.69, 9.17) is 43.4 Å². The van der Waals surface area contributed by atoms with Gasteiger partial charge in [-0.3, -0.25) is 0 Å². The molecule has 1 fully saturated rings. The molecule has 0 aromatic rings. The molecule has 15 nitrogen and oxygen atoms in total. The number of hydrogen-bond acceptors (Lipinski definition) is 13. The van der Waals surface area contributed by atoms with Crippen LogP contribution in [0.2, 0.25) is 0 Å². The lowest BCUT2D eigenvalue weighted by Gasteiger charge is -2.45.